The number of hydrogen-bond acceptors (Lipinski definition) is 4. The molecule has 2 atom stereocenters. The molecule has 3 heterocycles. The van der Waals surface area contributed by atoms with Crippen molar-refractivity contribution in [2.24, 2.45) is 4.99 Å². The van der Waals surface area contributed by atoms with Crippen LogP contribution in [-0.4, -0.2) is 10.4 Å². The second-order valence-corrected chi connectivity index (χ2v) is 12.9. The van der Waals surface area contributed by atoms with E-state index in [0.717, 1.165) is 55.7 Å². The fourth-order valence-corrected chi connectivity index (χ4v) is 7.54. The van der Waals surface area contributed by atoms with Crippen LogP contribution in [0.25, 0.3) is 60.6 Å². The van der Waals surface area contributed by atoms with Crippen LogP contribution in [-0.2, 0) is 0 Å². The van der Waals surface area contributed by atoms with Crippen LogP contribution in [0.3, 0.4) is 0 Å². The van der Waals surface area contributed by atoms with Gasteiger partial charge in [-0.3, -0.25) is 5.32 Å². The quantitative estimate of drug-likeness (QED) is 0.196. The third-order valence-electron chi connectivity index (χ3n) is 9.88. The molecule has 9 aromatic rings. The second-order valence-electron chi connectivity index (χ2n) is 12.9. The summed E-state index contributed by atoms with van der Waals surface area (Å²) in [5.74, 6) is 0.830. The second kappa shape index (κ2) is 11.6. The first-order valence-corrected chi connectivity index (χ1v) is 17.0. The molecule has 2 unspecified atom stereocenters. The van der Waals surface area contributed by atoms with Gasteiger partial charge in [0.25, 0.3) is 0 Å². The van der Waals surface area contributed by atoms with Crippen LogP contribution in [0.15, 0.2) is 179 Å². The molecule has 10 rings (SSSR count). The summed E-state index contributed by atoms with van der Waals surface area (Å²) in [7, 11) is 0. The van der Waals surface area contributed by atoms with Gasteiger partial charge in [0, 0.05) is 32.8 Å². The van der Waals surface area contributed by atoms with E-state index in [9.17, 15) is 0 Å². The van der Waals surface area contributed by atoms with Crippen molar-refractivity contribution < 1.29 is 4.42 Å². The average molecular weight is 645 g/mol. The van der Waals surface area contributed by atoms with Gasteiger partial charge in [0.05, 0.1) is 11.0 Å². The molecule has 5 nitrogen and oxygen atoms in total. The van der Waals surface area contributed by atoms with Gasteiger partial charge in [0.1, 0.15) is 29.3 Å². The van der Waals surface area contributed by atoms with Crippen molar-refractivity contribution in [1.82, 2.24) is 15.2 Å². The molecule has 2 aromatic heterocycles. The molecule has 0 aliphatic carbocycles. The Morgan fingerprint density at radius 3 is 2.04 bits per heavy atom. The smallest absolute Gasteiger partial charge is 0.136 e. The Balaban J connectivity index is 1.08. The van der Waals surface area contributed by atoms with Gasteiger partial charge >= 0.3 is 0 Å². The van der Waals surface area contributed by atoms with Crippen LogP contribution in [0, 0.1) is 0 Å². The summed E-state index contributed by atoms with van der Waals surface area (Å²) < 4.78 is 8.88. The monoisotopic (exact) mass is 644 g/mol. The fraction of sp³-hybridized carbons (Fsp3) is 0.0444. The average Bonchev–Trinajstić information content (AvgIpc) is 3.74. The molecule has 0 radical (unpaired) electrons. The van der Waals surface area contributed by atoms with Gasteiger partial charge < -0.3 is 14.3 Å². The van der Waals surface area contributed by atoms with Crippen molar-refractivity contribution >= 4 is 49.6 Å². The zero-order valence-corrected chi connectivity index (χ0v) is 27.1. The highest BCUT2D eigenvalue weighted by atomic mass is 16.3. The summed E-state index contributed by atoms with van der Waals surface area (Å²) in [6, 6.07) is 59.8. The summed E-state index contributed by atoms with van der Waals surface area (Å²) in [6.07, 6.45) is -0.291. The van der Waals surface area contributed by atoms with Gasteiger partial charge in [-0.15, -0.1) is 0 Å². The maximum absolute atomic E-state index is 6.51. The van der Waals surface area contributed by atoms with Gasteiger partial charge in [-0.2, -0.15) is 0 Å². The van der Waals surface area contributed by atoms with Crippen molar-refractivity contribution in [1.29, 1.82) is 0 Å². The van der Waals surface area contributed by atoms with E-state index in [4.69, 9.17) is 9.41 Å². The standard InChI is InChI=1S/C45H32N4O/c1-4-13-29(14-5-1)43-46-44(30-15-6-2-7-16-30)48-45(47-43)32-23-25-35-37-27-31(24-26-40(37)50-41(35)28-32)34-20-12-22-39-42(34)36-19-10-11-21-38(36)49(39)33-17-8-3-9-18-33/h1-28,43-44,46H,(H,47,48). The maximum atomic E-state index is 6.51. The SMILES string of the molecule is c1ccc(C2N=C(c3ccc4c(c3)oc3ccc(-c5cccc6c5c5ccccc5n6-c5ccccc5)cc34)NC(c3ccccc3)N2)cc1. The number of furan rings is 1. The first-order chi connectivity index (χ1) is 24.8. The van der Waals surface area contributed by atoms with Crippen molar-refractivity contribution in [3.63, 3.8) is 0 Å². The largest absolute Gasteiger partial charge is 0.456 e. The van der Waals surface area contributed by atoms with E-state index in [1.807, 2.05) is 12.1 Å². The summed E-state index contributed by atoms with van der Waals surface area (Å²) in [5, 5.41) is 12.0. The van der Waals surface area contributed by atoms with Crippen molar-refractivity contribution in [3.05, 3.63) is 187 Å². The number of aliphatic imine (C=N–C) groups is 1. The zero-order valence-electron chi connectivity index (χ0n) is 27.1. The predicted molar refractivity (Wildman–Crippen MR) is 205 cm³/mol. The predicted octanol–water partition coefficient (Wildman–Crippen LogP) is 10.7. The van der Waals surface area contributed by atoms with Crippen LogP contribution >= 0.6 is 0 Å². The number of aromatic nitrogens is 1. The van der Waals surface area contributed by atoms with E-state index in [0.29, 0.717) is 0 Å². The Hall–Kier alpha value is -6.43. The lowest BCUT2D eigenvalue weighted by molar-refractivity contribution is 0.409. The van der Waals surface area contributed by atoms with Gasteiger partial charge in [-0.1, -0.05) is 121 Å². The summed E-state index contributed by atoms with van der Waals surface area (Å²) in [5.41, 5.74) is 10.9. The van der Waals surface area contributed by atoms with E-state index in [1.165, 1.54) is 27.4 Å². The number of rotatable bonds is 5. The minimum atomic E-state index is -0.192. The zero-order chi connectivity index (χ0) is 33.0. The highest BCUT2D eigenvalue weighted by Crippen LogP contribution is 2.40. The maximum Gasteiger partial charge on any atom is 0.136 e. The lowest BCUT2D eigenvalue weighted by Gasteiger charge is -2.32. The third kappa shape index (κ3) is 4.71. The van der Waals surface area contributed by atoms with Gasteiger partial charge in [0.2, 0.25) is 0 Å². The van der Waals surface area contributed by atoms with Crippen molar-refractivity contribution in [2.75, 3.05) is 0 Å². The van der Waals surface area contributed by atoms with Crippen LogP contribution in [0.2, 0.25) is 0 Å². The van der Waals surface area contributed by atoms with Crippen molar-refractivity contribution in [2.45, 2.75) is 12.3 Å². The highest BCUT2D eigenvalue weighted by molar-refractivity contribution is 6.17. The van der Waals surface area contributed by atoms with E-state index >= 15 is 0 Å². The molecule has 2 N–H and O–H groups in total. The Morgan fingerprint density at radius 1 is 0.520 bits per heavy atom. The van der Waals surface area contributed by atoms with E-state index in [1.54, 1.807) is 0 Å². The fourth-order valence-electron chi connectivity index (χ4n) is 7.54. The molecule has 0 fully saturated rings. The number of fused-ring (bicyclic) bond motifs is 6. The van der Waals surface area contributed by atoms with Gasteiger partial charge in [0.15, 0.2) is 0 Å². The normalized spacial score (nSPS) is 16.2. The summed E-state index contributed by atoms with van der Waals surface area (Å²) in [6.45, 7) is 0. The molecule has 0 amide bonds. The van der Waals surface area contributed by atoms with E-state index < -0.39 is 0 Å². The molecule has 7 aromatic carbocycles. The summed E-state index contributed by atoms with van der Waals surface area (Å²) in [4.78, 5) is 5.14. The number of nitrogens with one attached hydrogen (secondary N) is 2. The molecular weight excluding hydrogens is 613 g/mol. The van der Waals surface area contributed by atoms with E-state index in [-0.39, 0.29) is 12.3 Å². The third-order valence-corrected chi connectivity index (χ3v) is 9.88. The number of nitrogens with zero attached hydrogens (tertiary/aromatic N) is 2. The van der Waals surface area contributed by atoms with Crippen LogP contribution in [0.4, 0.5) is 0 Å². The first-order valence-electron chi connectivity index (χ1n) is 17.0. The topological polar surface area (TPSA) is 54.5 Å². The van der Waals surface area contributed by atoms with Gasteiger partial charge in [-0.05, 0) is 70.8 Å². The Kier molecular flexibility index (Phi) is 6.64. The first kappa shape index (κ1) is 28.6. The van der Waals surface area contributed by atoms with Crippen molar-refractivity contribution in [3.8, 4) is 16.8 Å². The molecule has 1 aliphatic heterocycles. The lowest BCUT2D eigenvalue weighted by Crippen LogP contribution is -2.44. The molecule has 238 valence electrons. The molecule has 0 spiro atoms. The molecule has 0 saturated heterocycles. The number of benzene rings is 7. The Morgan fingerprint density at radius 2 is 1.22 bits per heavy atom. The van der Waals surface area contributed by atoms with Gasteiger partial charge in [-0.25, -0.2) is 4.99 Å². The lowest BCUT2D eigenvalue weighted by atomic mass is 9.97. The summed E-state index contributed by atoms with van der Waals surface area (Å²) >= 11 is 0. The minimum absolute atomic E-state index is 0.0987. The molecule has 0 saturated carbocycles. The Bertz CT molecular complexity index is 2710. The molecule has 50 heavy (non-hydrogen) atoms. The molecule has 5 heteroatoms. The highest BCUT2D eigenvalue weighted by Gasteiger charge is 2.26. The number of para-hydroxylation sites is 2. The molecule has 1 aliphatic rings. The number of amidine groups is 1. The minimum Gasteiger partial charge on any atom is -0.456 e. The van der Waals surface area contributed by atoms with E-state index in [2.05, 4.69) is 173 Å². The van der Waals surface area contributed by atoms with Crippen LogP contribution in [0.1, 0.15) is 29.0 Å². The molecular formula is C45H32N4O. The molecule has 0 bridgehead atoms. The van der Waals surface area contributed by atoms with Crippen LogP contribution in [0.5, 0.6) is 0 Å². The van der Waals surface area contributed by atoms with Crippen LogP contribution < -0.4 is 10.6 Å². The Labute approximate surface area is 289 Å². The number of hydrogen-bond donors (Lipinski definition) is 2.